The highest BCUT2D eigenvalue weighted by Gasteiger charge is 2.47. The van der Waals surface area contributed by atoms with Gasteiger partial charge in [0.05, 0.1) is 43.1 Å². The Morgan fingerprint density at radius 3 is 2.69 bits per heavy atom. The first-order valence-corrected chi connectivity index (χ1v) is 17.1. The van der Waals surface area contributed by atoms with Gasteiger partial charge in [-0.15, -0.1) is 5.10 Å². The van der Waals surface area contributed by atoms with Gasteiger partial charge in [0.25, 0.3) is 11.5 Å². The van der Waals surface area contributed by atoms with Gasteiger partial charge >= 0.3 is 6.18 Å². The number of aryl methyl sites for hydroxylation is 1. The van der Waals surface area contributed by atoms with E-state index < -0.39 is 42.2 Å². The third-order valence-corrected chi connectivity index (χ3v) is 9.98. The summed E-state index contributed by atoms with van der Waals surface area (Å²) in [6.45, 7) is 1.41. The number of hydrogen-bond donors (Lipinski definition) is 2. The summed E-state index contributed by atoms with van der Waals surface area (Å²) < 4.78 is 63.7. The van der Waals surface area contributed by atoms with Crippen LogP contribution in [0, 0.1) is 6.92 Å². The summed E-state index contributed by atoms with van der Waals surface area (Å²) >= 11 is 6.14. The van der Waals surface area contributed by atoms with Gasteiger partial charge in [-0.25, -0.2) is 9.97 Å². The Balaban J connectivity index is 1.28. The molecule has 4 aromatic rings. The molecule has 3 aliphatic rings. The van der Waals surface area contributed by atoms with Crippen molar-refractivity contribution in [3.63, 3.8) is 0 Å². The van der Waals surface area contributed by atoms with Crippen molar-refractivity contribution in [3.8, 4) is 5.75 Å². The molecule has 0 radical (unpaired) electrons. The van der Waals surface area contributed by atoms with Gasteiger partial charge in [0.2, 0.25) is 11.7 Å². The molecule has 2 N–H and O–H groups in total. The van der Waals surface area contributed by atoms with Gasteiger partial charge in [0.15, 0.2) is 17.3 Å². The molecule has 3 aromatic heterocycles. The number of nitrogens with zero attached hydrogens (tertiary/aromatic N) is 8. The van der Waals surface area contributed by atoms with Crippen LogP contribution < -0.4 is 15.8 Å². The zero-order valence-corrected chi connectivity index (χ0v) is 28.8. The van der Waals surface area contributed by atoms with Crippen LogP contribution in [0.2, 0.25) is 5.02 Å². The highest BCUT2D eigenvalue weighted by Crippen LogP contribution is 2.39. The minimum absolute atomic E-state index is 0.0127. The molecular weight excluding hydrogens is 707 g/mol. The molecule has 0 spiro atoms. The average Bonchev–Trinajstić information content (AvgIpc) is 3.46. The number of carbonyl (C=O) groups excluding carboxylic acids is 2. The van der Waals surface area contributed by atoms with Crippen LogP contribution in [0.5, 0.6) is 5.75 Å². The Hall–Kier alpha value is -5.03. The number of carbonyl (C=O) groups is 2. The maximum atomic E-state index is 14.5. The van der Waals surface area contributed by atoms with Crippen molar-refractivity contribution in [1.82, 2.24) is 34.0 Å². The van der Waals surface area contributed by atoms with Gasteiger partial charge < -0.3 is 29.5 Å². The zero-order chi connectivity index (χ0) is 38.7. The van der Waals surface area contributed by atoms with E-state index in [1.54, 1.807) is 24.8 Å². The van der Waals surface area contributed by atoms with E-state index in [0.717, 1.165) is 16.6 Å². The van der Waals surface area contributed by atoms with Crippen LogP contribution in [0.15, 0.2) is 35.4 Å². The normalized spacial score (nSPS) is 20.7. The Kier molecular flexibility index (Phi) is 8.74. The van der Waals surface area contributed by atoms with Crippen LogP contribution in [0.25, 0.3) is 11.4 Å². The van der Waals surface area contributed by atoms with Crippen molar-refractivity contribution < 1.29 is 35.3 Å². The molecule has 274 valence electrons. The fraction of sp³-hybridized carbons (Fsp3) is 0.441. The lowest BCUT2D eigenvalue weighted by Crippen LogP contribution is -2.67. The van der Waals surface area contributed by atoms with Crippen molar-refractivity contribution in [2.24, 2.45) is 0 Å². The van der Waals surface area contributed by atoms with Gasteiger partial charge in [0, 0.05) is 25.7 Å². The van der Waals surface area contributed by atoms with Crippen LogP contribution in [0.1, 0.15) is 68.6 Å². The number of benzene rings is 1. The molecule has 14 nitrogen and oxygen atoms in total. The van der Waals surface area contributed by atoms with Crippen LogP contribution in [-0.4, -0.2) is 89.3 Å². The third-order valence-electron chi connectivity index (χ3n) is 9.67. The number of allylic oxidation sites excluding steroid dienone is 1. The number of piperazine rings is 1. The number of rotatable bonds is 7. The van der Waals surface area contributed by atoms with E-state index in [1.807, 2.05) is 4.90 Å². The number of alkyl halides is 3. The highest BCUT2D eigenvalue weighted by molar-refractivity contribution is 6.33. The second-order valence-corrected chi connectivity index (χ2v) is 13.1. The Labute approximate surface area is 302 Å². The molecule has 18 heteroatoms. The summed E-state index contributed by atoms with van der Waals surface area (Å²) in [5.74, 6) is -1.26. The van der Waals surface area contributed by atoms with Crippen molar-refractivity contribution in [2.75, 3.05) is 36.5 Å². The topological polar surface area (TPSA) is 160 Å². The predicted octanol–water partition coefficient (Wildman–Crippen LogP) is 4.26. The molecular formula is C34H35ClF3N9O5. The molecule has 2 aliphatic heterocycles. The third kappa shape index (κ3) is 6.35. The number of fused-ring (bicyclic) bond motifs is 2. The summed E-state index contributed by atoms with van der Waals surface area (Å²) in [5.41, 5.74) is -0.162. The maximum absolute atomic E-state index is 14.5. The molecule has 2 amide bonds. The van der Waals surface area contributed by atoms with Crippen molar-refractivity contribution in [3.05, 3.63) is 74.4 Å². The molecule has 1 aromatic carbocycles. The Bertz CT molecular complexity index is 2260. The summed E-state index contributed by atoms with van der Waals surface area (Å²) in [7, 11) is 0. The Morgan fingerprint density at radius 1 is 1.19 bits per heavy atom. The number of nitrogens with one attached hydrogen (secondary N) is 1. The lowest BCUT2D eigenvalue weighted by Gasteiger charge is -2.54. The largest absolute Gasteiger partial charge is 0.504 e. The lowest BCUT2D eigenvalue weighted by molar-refractivity contribution is -0.137. The number of halogens is 4. The standard InChI is InChI=1S/C34H35ClF3N9O5/c1-3-23-28(44-11-12-45(25-9-8-24(25)44)31(50)27-29(49)18(2)39-17-40-27)32(51)47-33(42-30(43-47)19-5-4-13-52-14-10-19)46(23)16-26(48)41-22-7-6-20(15-21(22)35)34(36,37)38/h6-7,10,15,17,24-25,49H,3-5,8-9,11-14,16H2,1-2H3,(H,41,48)/t24-,25-/m0/s1/i13D2. The lowest BCUT2D eigenvalue weighted by atomic mass is 9.81. The van der Waals surface area contributed by atoms with E-state index in [1.165, 1.54) is 10.9 Å². The zero-order valence-electron chi connectivity index (χ0n) is 30.1. The minimum atomic E-state index is -4.64. The number of ether oxygens (including phenoxy) is 1. The van der Waals surface area contributed by atoms with Crippen molar-refractivity contribution in [2.45, 2.75) is 70.8 Å². The predicted molar refractivity (Wildman–Crippen MR) is 183 cm³/mol. The van der Waals surface area contributed by atoms with Crippen LogP contribution in [-0.2, 0) is 28.7 Å². The van der Waals surface area contributed by atoms with Gasteiger partial charge in [-0.3, -0.25) is 14.4 Å². The van der Waals surface area contributed by atoms with E-state index in [0.29, 0.717) is 30.2 Å². The first kappa shape index (κ1) is 32.8. The molecule has 7 rings (SSSR count). The second-order valence-electron chi connectivity index (χ2n) is 12.7. The molecule has 1 saturated heterocycles. The molecule has 0 unspecified atom stereocenters. The van der Waals surface area contributed by atoms with Gasteiger partial charge in [-0.1, -0.05) is 24.6 Å². The Morgan fingerprint density at radius 2 is 1.98 bits per heavy atom. The molecule has 1 aliphatic carbocycles. The van der Waals surface area contributed by atoms with Crippen LogP contribution >= 0.6 is 11.6 Å². The van der Waals surface area contributed by atoms with Crippen molar-refractivity contribution in [1.29, 1.82) is 0 Å². The average molecular weight is 744 g/mol. The van der Waals surface area contributed by atoms with Gasteiger partial charge in [0.1, 0.15) is 18.6 Å². The first-order chi connectivity index (χ1) is 25.6. The summed E-state index contributed by atoms with van der Waals surface area (Å²) in [6, 6.07) is 1.96. The smallest absolute Gasteiger partial charge is 0.416 e. The first-order valence-electron chi connectivity index (χ1n) is 17.7. The van der Waals surface area contributed by atoms with Gasteiger partial charge in [-0.05, 0) is 62.8 Å². The molecule has 1 saturated carbocycles. The highest BCUT2D eigenvalue weighted by atomic mass is 35.5. The van der Waals surface area contributed by atoms with E-state index in [-0.39, 0.29) is 96.2 Å². The number of anilines is 2. The van der Waals surface area contributed by atoms with E-state index >= 15 is 0 Å². The fourth-order valence-corrected chi connectivity index (χ4v) is 7.18. The van der Waals surface area contributed by atoms with E-state index in [2.05, 4.69) is 25.4 Å². The molecule has 2 fully saturated rings. The molecule has 52 heavy (non-hydrogen) atoms. The summed E-state index contributed by atoms with van der Waals surface area (Å²) in [6.07, 6.45) is -0.0527. The SMILES string of the molecule is [2H]C1([2H])CCC(c2nc3n(CC(=O)Nc4ccc(C(F)(F)F)cc4Cl)c(CC)c(N4CCN(C(=O)c5ncnc(C)c5O)[C@H]5CC[C@@H]54)c(=O)n3n2)=CCO1. The number of aromatic nitrogens is 6. The van der Waals surface area contributed by atoms with Crippen molar-refractivity contribution >= 4 is 46.1 Å². The molecule has 5 heterocycles. The van der Waals surface area contributed by atoms with Crippen LogP contribution in [0.3, 0.4) is 0 Å². The van der Waals surface area contributed by atoms with Gasteiger partial charge in [-0.2, -0.15) is 22.7 Å². The number of hydrogen-bond acceptors (Lipinski definition) is 10. The summed E-state index contributed by atoms with van der Waals surface area (Å²) in [4.78, 5) is 58.0. The monoisotopic (exact) mass is 743 g/mol. The maximum Gasteiger partial charge on any atom is 0.416 e. The van der Waals surface area contributed by atoms with E-state index in [4.69, 9.17) is 19.1 Å². The molecule has 2 atom stereocenters. The minimum Gasteiger partial charge on any atom is -0.504 e. The number of amides is 2. The van der Waals surface area contributed by atoms with E-state index in [9.17, 15) is 32.7 Å². The number of aromatic hydroxyl groups is 1. The summed E-state index contributed by atoms with van der Waals surface area (Å²) in [5, 5.41) is 17.3. The quantitative estimate of drug-likeness (QED) is 0.280. The van der Waals surface area contributed by atoms with Crippen LogP contribution in [0.4, 0.5) is 24.5 Å². The molecule has 0 bridgehead atoms. The fourth-order valence-electron chi connectivity index (χ4n) is 6.95. The second kappa shape index (κ2) is 13.8.